The van der Waals surface area contributed by atoms with Crippen LogP contribution in [0.5, 0.6) is 0 Å². The summed E-state index contributed by atoms with van der Waals surface area (Å²) in [5, 5.41) is 6.12. The van der Waals surface area contributed by atoms with E-state index in [-0.39, 0.29) is 5.82 Å². The maximum absolute atomic E-state index is 13.8. The minimum absolute atomic E-state index is 0.288. The molecular weight excluding hydrogens is 255 g/mol. The average molecular weight is 274 g/mol. The summed E-state index contributed by atoms with van der Waals surface area (Å²) in [6.45, 7) is 6.62. The molecule has 2 N–H and O–H groups in total. The molecule has 0 aliphatic heterocycles. The molecule has 0 aliphatic rings. The molecule has 0 saturated heterocycles. The molecule has 106 valence electrons. The summed E-state index contributed by atoms with van der Waals surface area (Å²) in [6, 6.07) is 6.85. The largest absolute Gasteiger partial charge is 0.354 e. The average Bonchev–Trinajstić information content (AvgIpc) is 2.39. The Morgan fingerprint density at radius 1 is 1.15 bits per heavy atom. The summed E-state index contributed by atoms with van der Waals surface area (Å²) in [5.41, 5.74) is 2.13. The first-order chi connectivity index (χ1) is 9.58. The predicted octanol–water partition coefficient (Wildman–Crippen LogP) is 3.80. The Kier molecular flexibility index (Phi) is 4.50. The van der Waals surface area contributed by atoms with Gasteiger partial charge in [0.1, 0.15) is 11.6 Å². The van der Waals surface area contributed by atoms with Gasteiger partial charge in [0.25, 0.3) is 0 Å². The molecule has 0 unspecified atom stereocenters. The van der Waals surface area contributed by atoms with E-state index in [1.165, 1.54) is 6.07 Å². The molecule has 20 heavy (non-hydrogen) atoms. The second-order valence-corrected chi connectivity index (χ2v) is 4.75. The molecule has 0 atom stereocenters. The van der Waals surface area contributed by atoms with Crippen molar-refractivity contribution >= 4 is 17.5 Å². The Hall–Kier alpha value is -2.17. The highest BCUT2D eigenvalue weighted by Crippen LogP contribution is 2.20. The first-order valence-corrected chi connectivity index (χ1v) is 6.71. The van der Waals surface area contributed by atoms with Crippen LogP contribution in [-0.2, 0) is 0 Å². The van der Waals surface area contributed by atoms with Crippen molar-refractivity contribution in [1.29, 1.82) is 0 Å². The van der Waals surface area contributed by atoms with Gasteiger partial charge in [0, 0.05) is 18.3 Å². The molecule has 4 nitrogen and oxygen atoms in total. The lowest BCUT2D eigenvalue weighted by atomic mass is 10.2. The first kappa shape index (κ1) is 14.2. The van der Waals surface area contributed by atoms with Gasteiger partial charge in [0.15, 0.2) is 0 Å². The molecule has 0 bridgehead atoms. The lowest BCUT2D eigenvalue weighted by Gasteiger charge is -2.10. The van der Waals surface area contributed by atoms with Crippen molar-refractivity contribution in [2.45, 2.75) is 27.2 Å². The zero-order chi connectivity index (χ0) is 14.5. The van der Waals surface area contributed by atoms with Crippen molar-refractivity contribution in [3.8, 4) is 0 Å². The highest BCUT2D eigenvalue weighted by atomic mass is 19.1. The van der Waals surface area contributed by atoms with Gasteiger partial charge >= 0.3 is 0 Å². The Bertz CT molecular complexity index is 598. The standard InChI is InChI=1S/C15H19FN4/c1-4-7-17-15-18-11(3)9-14(20-15)19-13-6-5-10(2)8-12(13)16/h5-6,8-9H,4,7H2,1-3H3,(H2,17,18,19,20). The smallest absolute Gasteiger partial charge is 0.224 e. The van der Waals surface area contributed by atoms with Gasteiger partial charge in [-0.1, -0.05) is 13.0 Å². The van der Waals surface area contributed by atoms with Crippen LogP contribution in [0.3, 0.4) is 0 Å². The van der Waals surface area contributed by atoms with Gasteiger partial charge < -0.3 is 10.6 Å². The lowest BCUT2D eigenvalue weighted by Crippen LogP contribution is -2.07. The van der Waals surface area contributed by atoms with Crippen molar-refractivity contribution in [3.63, 3.8) is 0 Å². The molecule has 0 radical (unpaired) electrons. The summed E-state index contributed by atoms with van der Waals surface area (Å²) in [7, 11) is 0. The predicted molar refractivity (Wildman–Crippen MR) is 80.0 cm³/mol. The molecule has 1 aromatic carbocycles. The van der Waals surface area contributed by atoms with Crippen LogP contribution in [0.15, 0.2) is 24.3 Å². The van der Waals surface area contributed by atoms with Crippen LogP contribution >= 0.6 is 0 Å². The van der Waals surface area contributed by atoms with E-state index in [4.69, 9.17) is 0 Å². The van der Waals surface area contributed by atoms with Crippen LogP contribution in [0.2, 0.25) is 0 Å². The van der Waals surface area contributed by atoms with E-state index < -0.39 is 0 Å². The van der Waals surface area contributed by atoms with Gasteiger partial charge in [0.2, 0.25) is 5.95 Å². The van der Waals surface area contributed by atoms with Gasteiger partial charge in [-0.15, -0.1) is 0 Å². The molecule has 2 rings (SSSR count). The third-order valence-corrected chi connectivity index (χ3v) is 2.77. The summed E-state index contributed by atoms with van der Waals surface area (Å²) in [5.74, 6) is 0.852. The molecule has 0 amide bonds. The van der Waals surface area contributed by atoms with Crippen molar-refractivity contribution < 1.29 is 4.39 Å². The summed E-state index contributed by atoms with van der Waals surface area (Å²) in [4.78, 5) is 8.62. The summed E-state index contributed by atoms with van der Waals surface area (Å²) >= 11 is 0. The lowest BCUT2D eigenvalue weighted by molar-refractivity contribution is 0.630. The van der Waals surface area contributed by atoms with Gasteiger partial charge in [-0.25, -0.2) is 9.37 Å². The van der Waals surface area contributed by atoms with E-state index in [9.17, 15) is 4.39 Å². The number of anilines is 3. The van der Waals surface area contributed by atoms with E-state index >= 15 is 0 Å². The van der Waals surface area contributed by atoms with Crippen molar-refractivity contribution in [2.24, 2.45) is 0 Å². The van der Waals surface area contributed by atoms with Gasteiger partial charge in [0.05, 0.1) is 5.69 Å². The fourth-order valence-electron chi connectivity index (χ4n) is 1.81. The van der Waals surface area contributed by atoms with E-state index in [0.29, 0.717) is 17.5 Å². The first-order valence-electron chi connectivity index (χ1n) is 6.71. The number of hydrogen-bond acceptors (Lipinski definition) is 4. The normalized spacial score (nSPS) is 10.4. The Labute approximate surface area is 118 Å². The topological polar surface area (TPSA) is 49.8 Å². The van der Waals surface area contributed by atoms with Gasteiger partial charge in [-0.2, -0.15) is 4.98 Å². The number of aryl methyl sites for hydroxylation is 2. The van der Waals surface area contributed by atoms with E-state index in [2.05, 4.69) is 27.5 Å². The van der Waals surface area contributed by atoms with Crippen molar-refractivity contribution in [2.75, 3.05) is 17.2 Å². The van der Waals surface area contributed by atoms with Crippen LogP contribution in [-0.4, -0.2) is 16.5 Å². The molecule has 2 aromatic rings. The van der Waals surface area contributed by atoms with E-state index in [0.717, 1.165) is 24.2 Å². The van der Waals surface area contributed by atoms with E-state index in [1.54, 1.807) is 12.1 Å². The van der Waals surface area contributed by atoms with Crippen LogP contribution < -0.4 is 10.6 Å². The number of aromatic nitrogens is 2. The zero-order valence-electron chi connectivity index (χ0n) is 12.0. The number of benzene rings is 1. The molecular formula is C15H19FN4. The quantitative estimate of drug-likeness (QED) is 0.870. The fourth-order valence-corrected chi connectivity index (χ4v) is 1.81. The third kappa shape index (κ3) is 3.66. The molecule has 1 heterocycles. The number of halogens is 1. The van der Waals surface area contributed by atoms with Gasteiger partial charge in [-0.05, 0) is 38.0 Å². The second kappa shape index (κ2) is 6.32. The molecule has 0 spiro atoms. The summed E-state index contributed by atoms with van der Waals surface area (Å²) in [6.07, 6.45) is 0.993. The number of hydrogen-bond donors (Lipinski definition) is 2. The number of nitrogens with zero attached hydrogens (tertiary/aromatic N) is 2. The SMILES string of the molecule is CCCNc1nc(C)cc(Nc2ccc(C)cc2F)n1. The maximum Gasteiger partial charge on any atom is 0.224 e. The molecule has 0 aliphatic carbocycles. The van der Waals surface area contributed by atoms with Crippen LogP contribution in [0.1, 0.15) is 24.6 Å². The number of rotatable bonds is 5. The molecule has 1 aromatic heterocycles. The zero-order valence-corrected chi connectivity index (χ0v) is 12.0. The molecule has 5 heteroatoms. The highest BCUT2D eigenvalue weighted by molar-refractivity contribution is 5.58. The van der Waals surface area contributed by atoms with Crippen molar-refractivity contribution in [3.05, 3.63) is 41.3 Å². The molecule has 0 saturated carbocycles. The Balaban J connectivity index is 2.21. The third-order valence-electron chi connectivity index (χ3n) is 2.77. The Morgan fingerprint density at radius 3 is 2.65 bits per heavy atom. The van der Waals surface area contributed by atoms with Crippen LogP contribution in [0, 0.1) is 19.7 Å². The maximum atomic E-state index is 13.8. The van der Waals surface area contributed by atoms with Crippen LogP contribution in [0.4, 0.5) is 21.8 Å². The highest BCUT2D eigenvalue weighted by Gasteiger charge is 2.06. The minimum Gasteiger partial charge on any atom is -0.354 e. The molecule has 0 fully saturated rings. The fraction of sp³-hybridized carbons (Fsp3) is 0.333. The van der Waals surface area contributed by atoms with Gasteiger partial charge in [-0.3, -0.25) is 0 Å². The summed E-state index contributed by atoms with van der Waals surface area (Å²) < 4.78 is 13.8. The van der Waals surface area contributed by atoms with Crippen LogP contribution in [0.25, 0.3) is 0 Å². The van der Waals surface area contributed by atoms with Crippen molar-refractivity contribution in [1.82, 2.24) is 9.97 Å². The minimum atomic E-state index is -0.288. The monoisotopic (exact) mass is 274 g/mol. The number of nitrogens with one attached hydrogen (secondary N) is 2. The second-order valence-electron chi connectivity index (χ2n) is 4.75. The Morgan fingerprint density at radius 2 is 1.95 bits per heavy atom. The van der Waals surface area contributed by atoms with E-state index in [1.807, 2.05) is 19.9 Å².